The van der Waals surface area contributed by atoms with Crippen LogP contribution in [-0.2, 0) is 4.79 Å². The summed E-state index contributed by atoms with van der Waals surface area (Å²) >= 11 is 0. The van der Waals surface area contributed by atoms with Gasteiger partial charge in [-0.25, -0.2) is 4.39 Å². The summed E-state index contributed by atoms with van der Waals surface area (Å²) in [4.78, 5) is 22.6. The highest BCUT2D eigenvalue weighted by Gasteiger charge is 2.18. The first kappa shape index (κ1) is 14.9. The molecule has 6 heteroatoms. The third-order valence-corrected chi connectivity index (χ3v) is 2.65. The first-order valence-corrected chi connectivity index (χ1v) is 6.01. The van der Waals surface area contributed by atoms with Crippen LogP contribution in [0.2, 0.25) is 0 Å². The van der Waals surface area contributed by atoms with Crippen molar-refractivity contribution in [3.63, 3.8) is 0 Å². The number of carbonyl (C=O) groups excluding carboxylic acids is 1. The van der Waals surface area contributed by atoms with Gasteiger partial charge in [0.05, 0.1) is 12.0 Å². The van der Waals surface area contributed by atoms with Gasteiger partial charge < -0.3 is 16.2 Å². The van der Waals surface area contributed by atoms with E-state index in [1.54, 1.807) is 0 Å². The second kappa shape index (κ2) is 6.72. The van der Waals surface area contributed by atoms with E-state index in [2.05, 4.69) is 5.32 Å². The molecule has 1 aromatic carbocycles. The molecule has 4 N–H and O–H groups in total. The molecule has 0 radical (unpaired) electrons. The van der Waals surface area contributed by atoms with Gasteiger partial charge in [0, 0.05) is 11.7 Å². The highest BCUT2D eigenvalue weighted by Crippen LogP contribution is 2.14. The number of nitrogens with two attached hydrogens (primary N) is 1. The number of aliphatic carboxylic acids is 1. The van der Waals surface area contributed by atoms with Crippen LogP contribution in [0.3, 0.4) is 0 Å². The Labute approximate surface area is 110 Å². The molecule has 1 unspecified atom stereocenters. The number of nitrogens with one attached hydrogen (secondary N) is 1. The molecule has 0 aliphatic heterocycles. The van der Waals surface area contributed by atoms with Crippen molar-refractivity contribution in [2.75, 3.05) is 5.73 Å². The standard InChI is InChI=1S/C13H17FN2O3/c1-2-3-9(7-12(17)18)16-13(19)10-6-8(14)4-5-11(10)15/h4-6,9H,2-3,7,15H2,1H3,(H,16,19)(H,17,18). The number of anilines is 1. The number of rotatable bonds is 6. The molecule has 1 aromatic rings. The molecule has 0 fully saturated rings. The lowest BCUT2D eigenvalue weighted by Gasteiger charge is -2.16. The minimum atomic E-state index is -0.994. The smallest absolute Gasteiger partial charge is 0.305 e. The van der Waals surface area contributed by atoms with Crippen LogP contribution in [0.1, 0.15) is 36.5 Å². The molecule has 0 bridgehead atoms. The molecule has 1 atom stereocenters. The number of carbonyl (C=O) groups is 2. The second-order valence-electron chi connectivity index (χ2n) is 4.29. The Morgan fingerprint density at radius 1 is 1.47 bits per heavy atom. The predicted octanol–water partition coefficient (Wildman–Crippen LogP) is 1.78. The van der Waals surface area contributed by atoms with Crippen LogP contribution >= 0.6 is 0 Å². The van der Waals surface area contributed by atoms with E-state index in [9.17, 15) is 14.0 Å². The van der Waals surface area contributed by atoms with Crippen LogP contribution in [0.25, 0.3) is 0 Å². The van der Waals surface area contributed by atoms with Crippen molar-refractivity contribution in [3.05, 3.63) is 29.6 Å². The minimum absolute atomic E-state index is 0.0199. The van der Waals surface area contributed by atoms with Gasteiger partial charge >= 0.3 is 5.97 Å². The zero-order valence-electron chi connectivity index (χ0n) is 10.6. The summed E-state index contributed by atoms with van der Waals surface area (Å²) in [5, 5.41) is 11.3. The van der Waals surface area contributed by atoms with Crippen LogP contribution in [0, 0.1) is 5.82 Å². The molecule has 5 nitrogen and oxygen atoms in total. The molecule has 0 aromatic heterocycles. The fourth-order valence-electron chi connectivity index (χ4n) is 1.77. The van der Waals surface area contributed by atoms with Crippen molar-refractivity contribution >= 4 is 17.6 Å². The van der Waals surface area contributed by atoms with E-state index in [1.165, 1.54) is 6.07 Å². The van der Waals surface area contributed by atoms with Crippen LogP contribution < -0.4 is 11.1 Å². The van der Waals surface area contributed by atoms with Gasteiger partial charge in [0.15, 0.2) is 0 Å². The topological polar surface area (TPSA) is 92.4 Å². The van der Waals surface area contributed by atoms with Crippen LogP contribution in [0.15, 0.2) is 18.2 Å². The number of carboxylic acids is 1. The van der Waals surface area contributed by atoms with E-state index in [0.717, 1.165) is 18.6 Å². The van der Waals surface area contributed by atoms with E-state index in [0.29, 0.717) is 6.42 Å². The van der Waals surface area contributed by atoms with E-state index in [4.69, 9.17) is 10.8 Å². The number of halogens is 1. The molecule has 1 amide bonds. The monoisotopic (exact) mass is 268 g/mol. The van der Waals surface area contributed by atoms with Gasteiger partial charge in [-0.3, -0.25) is 9.59 Å². The van der Waals surface area contributed by atoms with Crippen molar-refractivity contribution < 1.29 is 19.1 Å². The summed E-state index contributed by atoms with van der Waals surface area (Å²) in [5.74, 6) is -2.12. The molecular weight excluding hydrogens is 251 g/mol. The summed E-state index contributed by atoms with van der Waals surface area (Å²) in [6.07, 6.45) is 1.10. The maximum atomic E-state index is 13.1. The molecule has 0 aliphatic rings. The van der Waals surface area contributed by atoms with Crippen molar-refractivity contribution in [1.82, 2.24) is 5.32 Å². The zero-order valence-corrected chi connectivity index (χ0v) is 10.6. The van der Waals surface area contributed by atoms with Gasteiger partial charge in [-0.05, 0) is 24.6 Å². The molecule has 0 saturated carbocycles. The number of carboxylic acid groups (broad SMARTS) is 1. The van der Waals surface area contributed by atoms with E-state index >= 15 is 0 Å². The van der Waals surface area contributed by atoms with Gasteiger partial charge in [-0.15, -0.1) is 0 Å². The first-order chi connectivity index (χ1) is 8.93. The van der Waals surface area contributed by atoms with Crippen molar-refractivity contribution in [2.45, 2.75) is 32.2 Å². The van der Waals surface area contributed by atoms with E-state index in [-0.39, 0.29) is 17.7 Å². The average Bonchev–Trinajstić information content (AvgIpc) is 2.31. The highest BCUT2D eigenvalue weighted by atomic mass is 19.1. The average molecular weight is 268 g/mol. The Bertz CT molecular complexity index is 477. The quantitative estimate of drug-likeness (QED) is 0.686. The maximum absolute atomic E-state index is 13.1. The van der Waals surface area contributed by atoms with Crippen molar-refractivity contribution in [2.24, 2.45) is 0 Å². The number of hydrogen-bond donors (Lipinski definition) is 3. The maximum Gasteiger partial charge on any atom is 0.305 e. The Morgan fingerprint density at radius 2 is 2.16 bits per heavy atom. The largest absolute Gasteiger partial charge is 0.481 e. The van der Waals surface area contributed by atoms with Gasteiger partial charge in [0.1, 0.15) is 5.82 Å². The Balaban J connectivity index is 2.81. The normalized spacial score (nSPS) is 11.9. The summed E-state index contributed by atoms with van der Waals surface area (Å²) in [6, 6.07) is 3.01. The molecule has 0 spiro atoms. The van der Waals surface area contributed by atoms with Gasteiger partial charge in [-0.1, -0.05) is 13.3 Å². The summed E-state index contributed by atoms with van der Waals surface area (Å²) < 4.78 is 13.1. The van der Waals surface area contributed by atoms with Gasteiger partial charge in [0.25, 0.3) is 5.91 Å². The molecular formula is C13H17FN2O3. The lowest BCUT2D eigenvalue weighted by Crippen LogP contribution is -2.36. The Hall–Kier alpha value is -2.11. The lowest BCUT2D eigenvalue weighted by atomic mass is 10.1. The third kappa shape index (κ3) is 4.57. The summed E-state index contributed by atoms with van der Waals surface area (Å²) in [5.41, 5.74) is 5.77. The molecule has 19 heavy (non-hydrogen) atoms. The summed E-state index contributed by atoms with van der Waals surface area (Å²) in [6.45, 7) is 1.89. The molecule has 1 rings (SSSR count). The minimum Gasteiger partial charge on any atom is -0.481 e. The molecule has 104 valence electrons. The van der Waals surface area contributed by atoms with Crippen LogP contribution in [-0.4, -0.2) is 23.0 Å². The van der Waals surface area contributed by atoms with E-state index < -0.39 is 23.7 Å². The van der Waals surface area contributed by atoms with Gasteiger partial charge in [-0.2, -0.15) is 0 Å². The zero-order chi connectivity index (χ0) is 14.4. The van der Waals surface area contributed by atoms with Crippen molar-refractivity contribution in [3.8, 4) is 0 Å². The number of nitrogen functional groups attached to an aromatic ring is 1. The number of amides is 1. The molecule has 0 heterocycles. The molecule has 0 aliphatic carbocycles. The fraction of sp³-hybridized carbons (Fsp3) is 0.385. The molecule has 0 saturated heterocycles. The van der Waals surface area contributed by atoms with Gasteiger partial charge in [0.2, 0.25) is 0 Å². The lowest BCUT2D eigenvalue weighted by molar-refractivity contribution is -0.137. The van der Waals surface area contributed by atoms with Crippen molar-refractivity contribution in [1.29, 1.82) is 0 Å². The first-order valence-electron chi connectivity index (χ1n) is 6.01. The van der Waals surface area contributed by atoms with E-state index in [1.807, 2.05) is 6.92 Å². The number of hydrogen-bond acceptors (Lipinski definition) is 3. The number of benzene rings is 1. The fourth-order valence-corrected chi connectivity index (χ4v) is 1.77. The third-order valence-electron chi connectivity index (χ3n) is 2.65. The van der Waals surface area contributed by atoms with Crippen LogP contribution in [0.5, 0.6) is 0 Å². The second-order valence-corrected chi connectivity index (χ2v) is 4.29. The van der Waals surface area contributed by atoms with Crippen LogP contribution in [0.4, 0.5) is 10.1 Å². The Kier molecular flexibility index (Phi) is 5.29. The Morgan fingerprint density at radius 3 is 2.74 bits per heavy atom. The SMILES string of the molecule is CCCC(CC(=O)O)NC(=O)c1cc(F)ccc1N. The highest BCUT2D eigenvalue weighted by molar-refractivity contribution is 5.99. The summed E-state index contributed by atoms with van der Waals surface area (Å²) in [7, 11) is 0. The predicted molar refractivity (Wildman–Crippen MR) is 69.2 cm³/mol.